The number of pyridine rings is 1. The summed E-state index contributed by atoms with van der Waals surface area (Å²) >= 11 is 0. The quantitative estimate of drug-likeness (QED) is 0.765. The fourth-order valence-corrected chi connectivity index (χ4v) is 1.93. The molecule has 76 valence electrons. The average Bonchev–Trinajstić information content (AvgIpc) is 2.63. The molecular formula is C11H17N3. The SMILES string of the molecule is CC1(CN)CCN(c2ccccn2)C1. The number of anilines is 1. The van der Waals surface area contributed by atoms with Gasteiger partial charge in [-0.3, -0.25) is 0 Å². The molecule has 1 aliphatic rings. The van der Waals surface area contributed by atoms with Crippen LogP contribution in [0.1, 0.15) is 13.3 Å². The van der Waals surface area contributed by atoms with Crippen LogP contribution >= 0.6 is 0 Å². The third kappa shape index (κ3) is 1.73. The Balaban J connectivity index is 2.10. The molecule has 2 rings (SSSR count). The zero-order valence-electron chi connectivity index (χ0n) is 8.61. The Morgan fingerprint density at radius 1 is 1.57 bits per heavy atom. The summed E-state index contributed by atoms with van der Waals surface area (Å²) in [5.41, 5.74) is 6.04. The van der Waals surface area contributed by atoms with E-state index in [1.54, 1.807) is 0 Å². The van der Waals surface area contributed by atoms with Crippen molar-refractivity contribution >= 4 is 5.82 Å². The predicted molar refractivity (Wildman–Crippen MR) is 58.2 cm³/mol. The molecule has 0 bridgehead atoms. The fourth-order valence-electron chi connectivity index (χ4n) is 1.93. The Labute approximate surface area is 84.9 Å². The molecule has 0 aliphatic carbocycles. The van der Waals surface area contributed by atoms with Gasteiger partial charge in [0, 0.05) is 19.3 Å². The molecule has 1 unspecified atom stereocenters. The largest absolute Gasteiger partial charge is 0.356 e. The summed E-state index contributed by atoms with van der Waals surface area (Å²) in [5, 5.41) is 0. The molecule has 1 aromatic rings. The second kappa shape index (κ2) is 3.58. The van der Waals surface area contributed by atoms with E-state index in [0.717, 1.165) is 25.5 Å². The average molecular weight is 191 g/mol. The molecule has 0 aromatic carbocycles. The van der Waals surface area contributed by atoms with Gasteiger partial charge in [-0.1, -0.05) is 13.0 Å². The highest BCUT2D eigenvalue weighted by molar-refractivity contribution is 5.39. The molecule has 1 saturated heterocycles. The van der Waals surface area contributed by atoms with Crippen LogP contribution in [0.4, 0.5) is 5.82 Å². The molecule has 3 nitrogen and oxygen atoms in total. The lowest BCUT2D eigenvalue weighted by Gasteiger charge is -2.22. The minimum atomic E-state index is 0.275. The monoisotopic (exact) mass is 191 g/mol. The Bertz CT molecular complexity index is 299. The lowest BCUT2D eigenvalue weighted by molar-refractivity contribution is 0.383. The van der Waals surface area contributed by atoms with Crippen molar-refractivity contribution in [3.63, 3.8) is 0 Å². The Kier molecular flexibility index (Phi) is 2.42. The summed E-state index contributed by atoms with van der Waals surface area (Å²) in [6.45, 7) is 5.11. The maximum Gasteiger partial charge on any atom is 0.128 e. The number of nitrogens with two attached hydrogens (primary N) is 1. The summed E-state index contributed by atoms with van der Waals surface area (Å²) in [6, 6.07) is 6.03. The van der Waals surface area contributed by atoms with Gasteiger partial charge in [0.1, 0.15) is 5.82 Å². The summed E-state index contributed by atoms with van der Waals surface area (Å²) in [4.78, 5) is 6.66. The van der Waals surface area contributed by atoms with Crippen LogP contribution in [0.5, 0.6) is 0 Å². The number of hydrogen-bond donors (Lipinski definition) is 1. The van der Waals surface area contributed by atoms with Gasteiger partial charge in [0.2, 0.25) is 0 Å². The Hall–Kier alpha value is -1.09. The van der Waals surface area contributed by atoms with Gasteiger partial charge in [0.15, 0.2) is 0 Å². The Morgan fingerprint density at radius 2 is 2.43 bits per heavy atom. The number of aromatic nitrogens is 1. The molecule has 0 spiro atoms. The zero-order valence-corrected chi connectivity index (χ0v) is 8.61. The van der Waals surface area contributed by atoms with Crippen molar-refractivity contribution in [3.05, 3.63) is 24.4 Å². The molecule has 1 aromatic heterocycles. The summed E-state index contributed by atoms with van der Waals surface area (Å²) in [6.07, 6.45) is 3.01. The minimum absolute atomic E-state index is 0.275. The molecule has 0 radical (unpaired) electrons. The van der Waals surface area contributed by atoms with Crippen molar-refractivity contribution in [1.82, 2.24) is 4.98 Å². The lowest BCUT2D eigenvalue weighted by atomic mass is 9.90. The second-order valence-corrected chi connectivity index (χ2v) is 4.37. The van der Waals surface area contributed by atoms with E-state index >= 15 is 0 Å². The topological polar surface area (TPSA) is 42.1 Å². The van der Waals surface area contributed by atoms with Crippen molar-refractivity contribution in [2.75, 3.05) is 24.5 Å². The van der Waals surface area contributed by atoms with Crippen LogP contribution in [0.15, 0.2) is 24.4 Å². The molecular weight excluding hydrogens is 174 g/mol. The van der Waals surface area contributed by atoms with Crippen LogP contribution in [0.25, 0.3) is 0 Å². The van der Waals surface area contributed by atoms with E-state index in [0.29, 0.717) is 0 Å². The van der Waals surface area contributed by atoms with Crippen molar-refractivity contribution < 1.29 is 0 Å². The van der Waals surface area contributed by atoms with Crippen LogP contribution in [0.3, 0.4) is 0 Å². The Morgan fingerprint density at radius 3 is 3.00 bits per heavy atom. The molecule has 1 fully saturated rings. The lowest BCUT2D eigenvalue weighted by Crippen LogP contribution is -2.31. The van der Waals surface area contributed by atoms with E-state index in [2.05, 4.69) is 22.9 Å². The van der Waals surface area contributed by atoms with Crippen LogP contribution in [-0.4, -0.2) is 24.6 Å². The molecule has 0 saturated carbocycles. The highest BCUT2D eigenvalue weighted by Gasteiger charge is 2.32. The summed E-state index contributed by atoms with van der Waals surface area (Å²) < 4.78 is 0. The van der Waals surface area contributed by atoms with Gasteiger partial charge in [-0.25, -0.2) is 4.98 Å². The van der Waals surface area contributed by atoms with Crippen LogP contribution in [0, 0.1) is 5.41 Å². The van der Waals surface area contributed by atoms with Gasteiger partial charge in [-0.05, 0) is 30.5 Å². The van der Waals surface area contributed by atoms with Crippen molar-refractivity contribution in [1.29, 1.82) is 0 Å². The van der Waals surface area contributed by atoms with Crippen molar-refractivity contribution in [2.24, 2.45) is 11.1 Å². The number of hydrogen-bond acceptors (Lipinski definition) is 3. The van der Waals surface area contributed by atoms with Crippen molar-refractivity contribution in [3.8, 4) is 0 Å². The van der Waals surface area contributed by atoms with Crippen LogP contribution < -0.4 is 10.6 Å². The maximum absolute atomic E-state index is 5.76. The standard InChI is InChI=1S/C11H17N3/c1-11(8-12)5-7-14(9-11)10-4-2-3-6-13-10/h2-4,6H,5,7-9,12H2,1H3. The van der Waals surface area contributed by atoms with E-state index < -0.39 is 0 Å². The van der Waals surface area contributed by atoms with E-state index in [-0.39, 0.29) is 5.41 Å². The summed E-state index contributed by atoms with van der Waals surface area (Å²) in [5.74, 6) is 1.07. The fraction of sp³-hybridized carbons (Fsp3) is 0.545. The number of nitrogens with zero attached hydrogens (tertiary/aromatic N) is 2. The number of rotatable bonds is 2. The molecule has 2 N–H and O–H groups in total. The minimum Gasteiger partial charge on any atom is -0.356 e. The van der Waals surface area contributed by atoms with E-state index in [4.69, 9.17) is 5.73 Å². The third-order valence-electron chi connectivity index (χ3n) is 3.02. The highest BCUT2D eigenvalue weighted by atomic mass is 15.2. The maximum atomic E-state index is 5.76. The molecule has 3 heteroatoms. The molecule has 2 heterocycles. The smallest absolute Gasteiger partial charge is 0.128 e. The first-order chi connectivity index (χ1) is 6.73. The molecule has 0 amide bonds. The van der Waals surface area contributed by atoms with E-state index in [1.165, 1.54) is 6.42 Å². The highest BCUT2D eigenvalue weighted by Crippen LogP contribution is 2.30. The van der Waals surface area contributed by atoms with Crippen LogP contribution in [-0.2, 0) is 0 Å². The zero-order chi connectivity index (χ0) is 10.0. The first kappa shape index (κ1) is 9.46. The molecule has 1 atom stereocenters. The van der Waals surface area contributed by atoms with E-state index in [9.17, 15) is 0 Å². The third-order valence-corrected chi connectivity index (χ3v) is 3.02. The van der Waals surface area contributed by atoms with Gasteiger partial charge < -0.3 is 10.6 Å². The van der Waals surface area contributed by atoms with Crippen molar-refractivity contribution in [2.45, 2.75) is 13.3 Å². The second-order valence-electron chi connectivity index (χ2n) is 4.37. The van der Waals surface area contributed by atoms with Gasteiger partial charge in [0.05, 0.1) is 0 Å². The predicted octanol–water partition coefficient (Wildman–Crippen LogP) is 1.26. The van der Waals surface area contributed by atoms with Crippen LogP contribution in [0.2, 0.25) is 0 Å². The molecule has 1 aliphatic heterocycles. The van der Waals surface area contributed by atoms with Gasteiger partial charge in [-0.15, -0.1) is 0 Å². The first-order valence-electron chi connectivity index (χ1n) is 5.10. The van der Waals surface area contributed by atoms with E-state index in [1.807, 2.05) is 18.3 Å². The van der Waals surface area contributed by atoms with Gasteiger partial charge in [-0.2, -0.15) is 0 Å². The first-order valence-corrected chi connectivity index (χ1v) is 5.10. The molecule has 14 heavy (non-hydrogen) atoms. The summed E-state index contributed by atoms with van der Waals surface area (Å²) in [7, 11) is 0. The normalized spacial score (nSPS) is 26.9. The van der Waals surface area contributed by atoms with Gasteiger partial charge >= 0.3 is 0 Å². The van der Waals surface area contributed by atoms with Gasteiger partial charge in [0.25, 0.3) is 0 Å².